The molecule has 0 radical (unpaired) electrons. The SMILES string of the molecule is Cc1nc2n(c1C)C[C@H](C)C2. The quantitative estimate of drug-likeness (QED) is 0.550. The first kappa shape index (κ1) is 6.89. The van der Waals surface area contributed by atoms with Crippen molar-refractivity contribution in [3.8, 4) is 0 Å². The molecule has 1 atom stereocenters. The molecule has 2 nitrogen and oxygen atoms in total. The Balaban J connectivity index is 2.48. The molecule has 0 N–H and O–H groups in total. The Morgan fingerprint density at radius 3 is 2.82 bits per heavy atom. The lowest BCUT2D eigenvalue weighted by molar-refractivity contribution is 0.556. The number of rotatable bonds is 0. The summed E-state index contributed by atoms with van der Waals surface area (Å²) >= 11 is 0. The number of aryl methyl sites for hydroxylation is 1. The smallest absolute Gasteiger partial charge is 0.109 e. The number of hydrogen-bond donors (Lipinski definition) is 0. The van der Waals surface area contributed by atoms with Crippen molar-refractivity contribution in [3.63, 3.8) is 0 Å². The molecule has 0 spiro atoms. The summed E-state index contributed by atoms with van der Waals surface area (Å²) in [4.78, 5) is 4.50. The summed E-state index contributed by atoms with van der Waals surface area (Å²) < 4.78 is 2.35. The van der Waals surface area contributed by atoms with Crippen LogP contribution in [0.15, 0.2) is 0 Å². The second-order valence-electron chi connectivity index (χ2n) is 3.62. The van der Waals surface area contributed by atoms with Gasteiger partial charge in [-0.15, -0.1) is 0 Å². The predicted molar refractivity (Wildman–Crippen MR) is 44.6 cm³/mol. The number of nitrogens with zero attached hydrogens (tertiary/aromatic N) is 2. The van der Waals surface area contributed by atoms with Gasteiger partial charge in [-0.3, -0.25) is 0 Å². The van der Waals surface area contributed by atoms with E-state index in [-0.39, 0.29) is 0 Å². The molecule has 0 fully saturated rings. The number of fused-ring (bicyclic) bond motifs is 1. The van der Waals surface area contributed by atoms with E-state index in [1.807, 2.05) is 0 Å². The molecule has 60 valence electrons. The van der Waals surface area contributed by atoms with Gasteiger partial charge in [0.15, 0.2) is 0 Å². The average Bonchev–Trinajstić information content (AvgIpc) is 2.37. The number of hydrogen-bond acceptors (Lipinski definition) is 1. The van der Waals surface area contributed by atoms with Gasteiger partial charge < -0.3 is 4.57 Å². The topological polar surface area (TPSA) is 17.8 Å². The fourth-order valence-electron chi connectivity index (χ4n) is 1.81. The van der Waals surface area contributed by atoms with Gasteiger partial charge in [0, 0.05) is 18.7 Å². The Hall–Kier alpha value is -0.790. The molecule has 0 bridgehead atoms. The average molecular weight is 150 g/mol. The van der Waals surface area contributed by atoms with Crippen molar-refractivity contribution < 1.29 is 0 Å². The summed E-state index contributed by atoms with van der Waals surface area (Å²) in [6.45, 7) is 7.70. The van der Waals surface area contributed by atoms with E-state index >= 15 is 0 Å². The molecule has 0 aliphatic carbocycles. The van der Waals surface area contributed by atoms with E-state index in [1.165, 1.54) is 23.8 Å². The summed E-state index contributed by atoms with van der Waals surface area (Å²) in [7, 11) is 0. The summed E-state index contributed by atoms with van der Waals surface area (Å²) in [6.07, 6.45) is 1.16. The van der Waals surface area contributed by atoms with E-state index in [0.717, 1.165) is 12.3 Å². The van der Waals surface area contributed by atoms with Crippen molar-refractivity contribution in [1.29, 1.82) is 0 Å². The Kier molecular flexibility index (Phi) is 1.31. The van der Waals surface area contributed by atoms with Gasteiger partial charge in [-0.1, -0.05) is 6.92 Å². The van der Waals surface area contributed by atoms with E-state index in [9.17, 15) is 0 Å². The second-order valence-corrected chi connectivity index (χ2v) is 3.62. The molecule has 0 saturated carbocycles. The highest BCUT2D eigenvalue weighted by Gasteiger charge is 2.21. The zero-order chi connectivity index (χ0) is 8.01. The standard InChI is InChI=1S/C9H14N2/c1-6-4-9-10-7(2)8(3)11(9)5-6/h6H,4-5H2,1-3H3/t6-/m1/s1. The molecule has 1 aliphatic rings. The van der Waals surface area contributed by atoms with Crippen LogP contribution in [0.2, 0.25) is 0 Å². The molecule has 0 saturated heterocycles. The first-order valence-electron chi connectivity index (χ1n) is 4.21. The first-order valence-corrected chi connectivity index (χ1v) is 4.21. The maximum atomic E-state index is 4.50. The highest BCUT2D eigenvalue weighted by atomic mass is 15.1. The Labute approximate surface area is 67.3 Å². The van der Waals surface area contributed by atoms with Crippen molar-refractivity contribution in [2.75, 3.05) is 0 Å². The Morgan fingerprint density at radius 2 is 2.18 bits per heavy atom. The molecule has 2 heteroatoms. The molecule has 2 rings (SSSR count). The highest BCUT2D eigenvalue weighted by molar-refractivity contribution is 5.16. The minimum Gasteiger partial charge on any atom is -0.332 e. The van der Waals surface area contributed by atoms with Crippen LogP contribution in [0, 0.1) is 19.8 Å². The molecule has 0 amide bonds. The zero-order valence-electron chi connectivity index (χ0n) is 7.39. The van der Waals surface area contributed by atoms with Crippen molar-refractivity contribution in [1.82, 2.24) is 9.55 Å². The lowest BCUT2D eigenvalue weighted by Crippen LogP contribution is -1.99. The van der Waals surface area contributed by atoms with Gasteiger partial charge in [0.25, 0.3) is 0 Å². The minimum absolute atomic E-state index is 0.789. The van der Waals surface area contributed by atoms with Crippen LogP contribution in [0.1, 0.15) is 24.1 Å². The van der Waals surface area contributed by atoms with Gasteiger partial charge >= 0.3 is 0 Å². The maximum Gasteiger partial charge on any atom is 0.109 e. The van der Waals surface area contributed by atoms with Crippen LogP contribution < -0.4 is 0 Å². The molecular formula is C9H14N2. The fraction of sp³-hybridized carbons (Fsp3) is 0.667. The summed E-state index contributed by atoms with van der Waals surface area (Å²) in [5.41, 5.74) is 2.55. The lowest BCUT2D eigenvalue weighted by Gasteiger charge is -2.01. The van der Waals surface area contributed by atoms with Crippen LogP contribution in [0.25, 0.3) is 0 Å². The third kappa shape index (κ3) is 0.889. The summed E-state index contributed by atoms with van der Waals surface area (Å²) in [6, 6.07) is 0. The van der Waals surface area contributed by atoms with Crippen molar-refractivity contribution in [2.45, 2.75) is 33.7 Å². The molecule has 1 aromatic heterocycles. The van der Waals surface area contributed by atoms with Gasteiger partial charge in [-0.25, -0.2) is 4.98 Å². The van der Waals surface area contributed by atoms with Gasteiger partial charge in [-0.05, 0) is 19.8 Å². The van der Waals surface area contributed by atoms with Gasteiger partial charge in [0.2, 0.25) is 0 Å². The molecular weight excluding hydrogens is 136 g/mol. The van der Waals surface area contributed by atoms with E-state index in [2.05, 4.69) is 30.3 Å². The van der Waals surface area contributed by atoms with Crippen LogP contribution in [0.3, 0.4) is 0 Å². The Bertz CT molecular complexity index is 286. The highest BCUT2D eigenvalue weighted by Crippen LogP contribution is 2.22. The molecule has 0 unspecified atom stereocenters. The fourth-order valence-corrected chi connectivity index (χ4v) is 1.81. The van der Waals surface area contributed by atoms with Crippen LogP contribution in [-0.4, -0.2) is 9.55 Å². The minimum atomic E-state index is 0.789. The predicted octanol–water partition coefficient (Wildman–Crippen LogP) is 1.69. The van der Waals surface area contributed by atoms with Crippen molar-refractivity contribution >= 4 is 0 Å². The van der Waals surface area contributed by atoms with Crippen LogP contribution >= 0.6 is 0 Å². The maximum absolute atomic E-state index is 4.50. The van der Waals surface area contributed by atoms with Crippen molar-refractivity contribution in [3.05, 3.63) is 17.2 Å². The molecule has 11 heavy (non-hydrogen) atoms. The molecule has 0 aromatic carbocycles. The van der Waals surface area contributed by atoms with E-state index in [0.29, 0.717) is 0 Å². The number of aromatic nitrogens is 2. The number of imidazole rings is 1. The molecule has 1 aliphatic heterocycles. The van der Waals surface area contributed by atoms with Gasteiger partial charge in [0.05, 0.1) is 5.69 Å². The van der Waals surface area contributed by atoms with Crippen molar-refractivity contribution in [2.24, 2.45) is 5.92 Å². The van der Waals surface area contributed by atoms with E-state index < -0.39 is 0 Å². The van der Waals surface area contributed by atoms with Crippen LogP contribution in [0.5, 0.6) is 0 Å². The molecule has 1 aromatic rings. The Morgan fingerprint density at radius 1 is 1.45 bits per heavy atom. The first-order chi connectivity index (χ1) is 5.18. The monoisotopic (exact) mass is 150 g/mol. The largest absolute Gasteiger partial charge is 0.332 e. The lowest BCUT2D eigenvalue weighted by atomic mass is 10.1. The second kappa shape index (κ2) is 2.10. The third-order valence-corrected chi connectivity index (χ3v) is 2.56. The summed E-state index contributed by atoms with van der Waals surface area (Å²) in [5, 5.41) is 0. The van der Waals surface area contributed by atoms with E-state index in [4.69, 9.17) is 0 Å². The van der Waals surface area contributed by atoms with Gasteiger partial charge in [-0.2, -0.15) is 0 Å². The molecule has 2 heterocycles. The van der Waals surface area contributed by atoms with Gasteiger partial charge in [0.1, 0.15) is 5.82 Å². The van der Waals surface area contributed by atoms with E-state index in [1.54, 1.807) is 0 Å². The third-order valence-electron chi connectivity index (χ3n) is 2.56. The summed E-state index contributed by atoms with van der Waals surface area (Å²) in [5.74, 6) is 2.07. The van der Waals surface area contributed by atoms with Crippen LogP contribution in [-0.2, 0) is 13.0 Å². The zero-order valence-corrected chi connectivity index (χ0v) is 7.39. The van der Waals surface area contributed by atoms with Crippen LogP contribution in [0.4, 0.5) is 0 Å². The normalized spacial score (nSPS) is 22.3.